The van der Waals surface area contributed by atoms with Gasteiger partial charge >= 0.3 is 0 Å². The Morgan fingerprint density at radius 2 is 2.00 bits per heavy atom. The molecule has 7 heteroatoms. The van der Waals surface area contributed by atoms with Gasteiger partial charge < -0.3 is 14.7 Å². The van der Waals surface area contributed by atoms with E-state index in [0.29, 0.717) is 25.3 Å². The molecule has 3 atom stereocenters. The summed E-state index contributed by atoms with van der Waals surface area (Å²) >= 11 is 0. The van der Waals surface area contributed by atoms with Gasteiger partial charge in [-0.25, -0.2) is 4.68 Å². The first-order valence-electron chi connectivity index (χ1n) is 11.1. The molecule has 4 rings (SSSR count). The molecule has 30 heavy (non-hydrogen) atoms. The van der Waals surface area contributed by atoms with Gasteiger partial charge in [0.1, 0.15) is 5.75 Å². The molecule has 162 valence electrons. The Labute approximate surface area is 178 Å². The number of likely N-dealkylation sites (tertiary alicyclic amines) is 1. The molecule has 2 aliphatic rings. The van der Waals surface area contributed by atoms with Crippen molar-refractivity contribution < 1.29 is 14.6 Å². The number of nitrogens with zero attached hydrogens (tertiary/aromatic N) is 4. The Kier molecular flexibility index (Phi) is 6.37. The normalized spacial score (nSPS) is 24.1. The molecule has 2 fully saturated rings. The fourth-order valence-corrected chi connectivity index (χ4v) is 4.35. The van der Waals surface area contributed by atoms with E-state index in [2.05, 4.69) is 17.2 Å². The predicted molar refractivity (Wildman–Crippen MR) is 113 cm³/mol. The number of hydrogen-bond acceptors (Lipinski definition) is 5. The summed E-state index contributed by atoms with van der Waals surface area (Å²) in [6.07, 6.45) is 7.79. The van der Waals surface area contributed by atoms with E-state index in [1.54, 1.807) is 7.11 Å². The molecule has 0 radical (unpaired) electrons. The maximum atomic E-state index is 13.0. The van der Waals surface area contributed by atoms with Crippen LogP contribution in [0.3, 0.4) is 0 Å². The number of piperidine rings is 1. The minimum Gasteiger partial charge on any atom is -0.497 e. The van der Waals surface area contributed by atoms with Crippen molar-refractivity contribution in [3.8, 4) is 5.75 Å². The Hall–Kier alpha value is -2.41. The molecular weight excluding hydrogens is 380 g/mol. The summed E-state index contributed by atoms with van der Waals surface area (Å²) in [6.45, 7) is 2.44. The van der Waals surface area contributed by atoms with Gasteiger partial charge in [0.15, 0.2) is 0 Å². The number of aliphatic hydroxyl groups excluding tert-OH is 1. The summed E-state index contributed by atoms with van der Waals surface area (Å²) in [7, 11) is 1.65. The van der Waals surface area contributed by atoms with Crippen LogP contribution >= 0.6 is 0 Å². The van der Waals surface area contributed by atoms with Crippen molar-refractivity contribution in [1.82, 2.24) is 19.9 Å². The number of rotatable bonds is 8. The van der Waals surface area contributed by atoms with Crippen LogP contribution in [-0.4, -0.2) is 50.7 Å². The van der Waals surface area contributed by atoms with Crippen LogP contribution in [0, 0.1) is 0 Å². The lowest BCUT2D eigenvalue weighted by molar-refractivity contribution is -0.140. The zero-order valence-corrected chi connectivity index (χ0v) is 17.9. The average Bonchev–Trinajstić information content (AvgIpc) is 3.51. The summed E-state index contributed by atoms with van der Waals surface area (Å²) < 4.78 is 7.11. The van der Waals surface area contributed by atoms with Gasteiger partial charge in [-0.1, -0.05) is 37.1 Å². The molecule has 2 aromatic rings. The Bertz CT molecular complexity index is 846. The van der Waals surface area contributed by atoms with Crippen LogP contribution in [0.4, 0.5) is 0 Å². The van der Waals surface area contributed by atoms with Crippen LogP contribution in [0.25, 0.3) is 0 Å². The summed E-state index contributed by atoms with van der Waals surface area (Å²) in [5.41, 5.74) is 2.07. The second kappa shape index (κ2) is 9.16. The third kappa shape index (κ3) is 4.51. The number of amides is 1. The third-order valence-electron chi connectivity index (χ3n) is 6.35. The van der Waals surface area contributed by atoms with Gasteiger partial charge in [0.25, 0.3) is 0 Å². The summed E-state index contributed by atoms with van der Waals surface area (Å²) in [4.78, 5) is 14.9. The first-order valence-corrected chi connectivity index (χ1v) is 11.1. The van der Waals surface area contributed by atoms with Gasteiger partial charge in [-0.15, -0.1) is 5.10 Å². The van der Waals surface area contributed by atoms with E-state index in [1.807, 2.05) is 40.0 Å². The van der Waals surface area contributed by atoms with Crippen molar-refractivity contribution >= 4 is 5.91 Å². The van der Waals surface area contributed by atoms with E-state index in [1.165, 1.54) is 12.8 Å². The number of carbonyl (C=O) groups excluding carboxylic acids is 1. The Morgan fingerprint density at radius 3 is 2.67 bits per heavy atom. The minimum atomic E-state index is -0.664. The van der Waals surface area contributed by atoms with Gasteiger partial charge in [-0.05, 0) is 43.4 Å². The van der Waals surface area contributed by atoms with Crippen LogP contribution in [0.1, 0.15) is 81.1 Å². The molecule has 0 bridgehead atoms. The molecule has 1 N–H and O–H groups in total. The molecular formula is C23H32N4O3. The molecule has 1 aliphatic heterocycles. The first-order chi connectivity index (χ1) is 14.6. The molecule has 7 nitrogen and oxygen atoms in total. The van der Waals surface area contributed by atoms with Crippen LogP contribution in [-0.2, 0) is 4.79 Å². The number of carbonyl (C=O) groups is 1. The van der Waals surface area contributed by atoms with Crippen molar-refractivity contribution in [3.05, 3.63) is 41.7 Å². The predicted octanol–water partition coefficient (Wildman–Crippen LogP) is 3.62. The van der Waals surface area contributed by atoms with E-state index in [-0.39, 0.29) is 18.0 Å². The number of ether oxygens (including phenoxy) is 1. The number of aliphatic hydroxyl groups is 1. The lowest BCUT2D eigenvalue weighted by Crippen LogP contribution is -2.49. The number of unbranched alkanes of at least 4 members (excludes halogenated alkanes) is 2. The molecule has 1 saturated carbocycles. The first kappa shape index (κ1) is 20.8. The summed E-state index contributed by atoms with van der Waals surface area (Å²) in [5.74, 6) is 1.42. The van der Waals surface area contributed by atoms with Crippen LogP contribution in [0.5, 0.6) is 5.75 Å². The molecule has 0 spiro atoms. The van der Waals surface area contributed by atoms with Crippen LogP contribution in [0.15, 0.2) is 30.5 Å². The van der Waals surface area contributed by atoms with Gasteiger partial charge in [-0.3, -0.25) is 4.79 Å². The maximum Gasteiger partial charge on any atom is 0.223 e. The molecule has 0 unspecified atom stereocenters. The Morgan fingerprint density at radius 1 is 1.23 bits per heavy atom. The van der Waals surface area contributed by atoms with E-state index in [0.717, 1.165) is 36.3 Å². The highest BCUT2D eigenvalue weighted by molar-refractivity contribution is 5.77. The monoisotopic (exact) mass is 412 g/mol. The molecule has 1 saturated heterocycles. The summed E-state index contributed by atoms with van der Waals surface area (Å²) in [5, 5.41) is 19.6. The van der Waals surface area contributed by atoms with E-state index in [9.17, 15) is 9.90 Å². The van der Waals surface area contributed by atoms with Crippen LogP contribution < -0.4 is 4.74 Å². The van der Waals surface area contributed by atoms with Gasteiger partial charge in [0, 0.05) is 25.1 Å². The molecule has 1 amide bonds. The largest absolute Gasteiger partial charge is 0.497 e. The zero-order valence-electron chi connectivity index (χ0n) is 17.9. The van der Waals surface area contributed by atoms with Crippen molar-refractivity contribution in [3.63, 3.8) is 0 Å². The second-order valence-electron chi connectivity index (χ2n) is 8.56. The van der Waals surface area contributed by atoms with Gasteiger partial charge in [0.05, 0.1) is 31.0 Å². The highest BCUT2D eigenvalue weighted by atomic mass is 16.5. The number of β-amino-alcohol motifs (C(OH)–C–C–N with tert-alkyl or cyclic N) is 1. The number of aromatic nitrogens is 3. The smallest absolute Gasteiger partial charge is 0.223 e. The quantitative estimate of drug-likeness (QED) is 0.670. The topological polar surface area (TPSA) is 80.5 Å². The second-order valence-corrected chi connectivity index (χ2v) is 8.56. The van der Waals surface area contributed by atoms with Gasteiger partial charge in [-0.2, -0.15) is 0 Å². The number of benzene rings is 1. The van der Waals surface area contributed by atoms with Crippen molar-refractivity contribution in [2.75, 3.05) is 13.7 Å². The third-order valence-corrected chi connectivity index (χ3v) is 6.35. The van der Waals surface area contributed by atoms with Crippen LogP contribution in [0.2, 0.25) is 0 Å². The van der Waals surface area contributed by atoms with Crippen molar-refractivity contribution in [1.29, 1.82) is 0 Å². The zero-order chi connectivity index (χ0) is 21.1. The molecule has 1 aliphatic carbocycles. The lowest BCUT2D eigenvalue weighted by Gasteiger charge is -2.42. The molecule has 2 heterocycles. The molecule has 1 aromatic heterocycles. The maximum absolute atomic E-state index is 13.0. The van der Waals surface area contributed by atoms with E-state index >= 15 is 0 Å². The van der Waals surface area contributed by atoms with Gasteiger partial charge in [0.2, 0.25) is 5.91 Å². The Balaban J connectivity index is 1.57. The van der Waals surface area contributed by atoms with Crippen molar-refractivity contribution in [2.45, 2.75) is 76.0 Å². The summed E-state index contributed by atoms with van der Waals surface area (Å²) in [6, 6.07) is 7.58. The van der Waals surface area contributed by atoms with E-state index in [4.69, 9.17) is 4.74 Å². The van der Waals surface area contributed by atoms with E-state index < -0.39 is 6.10 Å². The number of methoxy groups -OCH3 is 1. The average molecular weight is 413 g/mol. The standard InChI is InChI=1S/C23H32N4O3/c1-3-4-5-6-23(29)26-15-22(28)21(27-14-19(24-25-27)16-7-8-16)13-20(26)17-9-11-18(30-2)12-10-17/h9-12,14,16,20-22,28H,3-8,13,15H2,1-2H3/t20-,21+,22+/m1/s1. The minimum absolute atomic E-state index is 0.105. The fraction of sp³-hybridized carbons (Fsp3) is 0.609. The SMILES string of the molecule is CCCCCC(=O)N1C[C@H](O)[C@@H](n2cc(C3CC3)nn2)C[C@@H]1c1ccc(OC)cc1. The fourth-order valence-electron chi connectivity index (χ4n) is 4.35. The highest BCUT2D eigenvalue weighted by Gasteiger charge is 2.39. The lowest BCUT2D eigenvalue weighted by atomic mass is 9.89. The van der Waals surface area contributed by atoms with Crippen molar-refractivity contribution in [2.24, 2.45) is 0 Å². The highest BCUT2D eigenvalue weighted by Crippen LogP contribution is 2.41. The molecule has 1 aromatic carbocycles. The number of hydrogen-bond donors (Lipinski definition) is 1.